The van der Waals surface area contributed by atoms with Crippen molar-refractivity contribution >= 4 is 17.3 Å². The van der Waals surface area contributed by atoms with Crippen molar-refractivity contribution in [3.63, 3.8) is 0 Å². The highest BCUT2D eigenvalue weighted by molar-refractivity contribution is 5.99. The van der Waals surface area contributed by atoms with Crippen LogP contribution < -0.4 is 10.2 Å². The summed E-state index contributed by atoms with van der Waals surface area (Å²) < 4.78 is 0. The number of allylic oxidation sites excluding steroid dienone is 1. The molecule has 3 heteroatoms. The number of rotatable bonds is 4. The Balaban J connectivity index is 2.13. The van der Waals surface area contributed by atoms with Crippen molar-refractivity contribution in [2.75, 3.05) is 24.3 Å². The number of nitrogens with one attached hydrogen (secondary N) is 1. The normalized spacial score (nSPS) is 10.6. The van der Waals surface area contributed by atoms with Gasteiger partial charge in [0.1, 0.15) is 0 Å². The summed E-state index contributed by atoms with van der Waals surface area (Å²) in [4.78, 5) is 13.5. The number of nitrogens with zero attached hydrogens (tertiary/aromatic N) is 1. The largest absolute Gasteiger partial charge is 0.378 e. The molecule has 0 aliphatic rings. The quantitative estimate of drug-likeness (QED) is 0.860. The molecule has 108 valence electrons. The summed E-state index contributed by atoms with van der Waals surface area (Å²) in [5, 5.41) is 2.81. The monoisotopic (exact) mass is 280 g/mol. The van der Waals surface area contributed by atoms with Crippen LogP contribution in [0.25, 0.3) is 11.1 Å². The number of hydrogen-bond donors (Lipinski definition) is 1. The third-order valence-corrected chi connectivity index (χ3v) is 3.19. The van der Waals surface area contributed by atoms with Crippen LogP contribution in [-0.2, 0) is 4.79 Å². The van der Waals surface area contributed by atoms with E-state index in [2.05, 4.69) is 34.5 Å². The second-order valence-corrected chi connectivity index (χ2v) is 5.01. The molecular weight excluding hydrogens is 260 g/mol. The Hall–Kier alpha value is -2.55. The van der Waals surface area contributed by atoms with Crippen molar-refractivity contribution in [1.29, 1.82) is 0 Å². The highest BCUT2D eigenvalue weighted by Gasteiger charge is 2.01. The van der Waals surface area contributed by atoms with Crippen LogP contribution in [0.4, 0.5) is 11.4 Å². The average molecular weight is 280 g/mol. The first-order chi connectivity index (χ1) is 10.1. The molecule has 0 atom stereocenters. The van der Waals surface area contributed by atoms with Gasteiger partial charge >= 0.3 is 0 Å². The van der Waals surface area contributed by atoms with Crippen LogP contribution >= 0.6 is 0 Å². The topological polar surface area (TPSA) is 32.3 Å². The van der Waals surface area contributed by atoms with E-state index in [1.54, 1.807) is 6.08 Å². The lowest BCUT2D eigenvalue weighted by Gasteiger charge is -2.13. The van der Waals surface area contributed by atoms with Crippen LogP contribution in [0, 0.1) is 0 Å². The molecule has 21 heavy (non-hydrogen) atoms. The lowest BCUT2D eigenvalue weighted by atomic mass is 10.0. The molecule has 0 fully saturated rings. The van der Waals surface area contributed by atoms with E-state index in [4.69, 9.17) is 0 Å². The van der Waals surface area contributed by atoms with Gasteiger partial charge in [0.2, 0.25) is 5.91 Å². The zero-order valence-electron chi connectivity index (χ0n) is 12.6. The first-order valence-electron chi connectivity index (χ1n) is 6.91. The molecule has 0 saturated carbocycles. The zero-order valence-corrected chi connectivity index (χ0v) is 12.6. The molecule has 2 rings (SSSR count). The van der Waals surface area contributed by atoms with Gasteiger partial charge in [0.15, 0.2) is 0 Å². The van der Waals surface area contributed by atoms with Gasteiger partial charge in [-0.1, -0.05) is 30.3 Å². The number of carbonyl (C=O) groups excluding carboxylic acids is 1. The van der Waals surface area contributed by atoms with E-state index in [0.717, 1.165) is 16.8 Å². The number of carbonyl (C=O) groups is 1. The fourth-order valence-electron chi connectivity index (χ4n) is 2.03. The molecule has 1 N–H and O–H groups in total. The predicted octanol–water partition coefficient (Wildman–Crippen LogP) is 3.93. The van der Waals surface area contributed by atoms with Gasteiger partial charge in [-0.15, -0.1) is 0 Å². The molecule has 0 aliphatic carbocycles. The third kappa shape index (κ3) is 3.96. The minimum atomic E-state index is -0.111. The van der Waals surface area contributed by atoms with Crippen LogP contribution in [0.15, 0.2) is 60.7 Å². The maximum absolute atomic E-state index is 11.5. The van der Waals surface area contributed by atoms with E-state index in [1.807, 2.05) is 45.3 Å². The fourth-order valence-corrected chi connectivity index (χ4v) is 2.03. The second kappa shape index (κ2) is 6.75. The SMILES string of the molecule is C/C=C/C(=O)Nc1ccc(-c2ccc(N(C)C)cc2)cc1. The molecular formula is C18H20N2O. The van der Waals surface area contributed by atoms with E-state index in [1.165, 1.54) is 11.8 Å². The number of benzene rings is 2. The van der Waals surface area contributed by atoms with Gasteiger partial charge < -0.3 is 10.2 Å². The molecule has 1 amide bonds. The van der Waals surface area contributed by atoms with Crippen LogP contribution in [0.3, 0.4) is 0 Å². The maximum Gasteiger partial charge on any atom is 0.248 e. The summed E-state index contributed by atoms with van der Waals surface area (Å²) in [5.41, 5.74) is 4.26. The van der Waals surface area contributed by atoms with E-state index < -0.39 is 0 Å². The summed E-state index contributed by atoms with van der Waals surface area (Å²) in [7, 11) is 4.05. The van der Waals surface area contributed by atoms with Gasteiger partial charge in [0.25, 0.3) is 0 Å². The molecule has 0 radical (unpaired) electrons. The number of anilines is 2. The number of hydrogen-bond acceptors (Lipinski definition) is 2. The van der Waals surface area contributed by atoms with E-state index in [0.29, 0.717) is 0 Å². The molecule has 0 aliphatic heterocycles. The Morgan fingerprint density at radius 3 is 1.95 bits per heavy atom. The Kier molecular flexibility index (Phi) is 4.77. The molecule has 0 unspecified atom stereocenters. The van der Waals surface area contributed by atoms with Gasteiger partial charge in [-0.05, 0) is 48.4 Å². The van der Waals surface area contributed by atoms with E-state index >= 15 is 0 Å². The lowest BCUT2D eigenvalue weighted by Crippen LogP contribution is -2.08. The summed E-state index contributed by atoms with van der Waals surface area (Å²) in [6, 6.07) is 16.2. The van der Waals surface area contributed by atoms with Crippen molar-refractivity contribution in [3.8, 4) is 11.1 Å². The van der Waals surface area contributed by atoms with Crippen molar-refractivity contribution < 1.29 is 4.79 Å². The van der Waals surface area contributed by atoms with Gasteiger partial charge in [-0.2, -0.15) is 0 Å². The van der Waals surface area contributed by atoms with Crippen molar-refractivity contribution in [2.24, 2.45) is 0 Å². The van der Waals surface area contributed by atoms with Crippen molar-refractivity contribution in [3.05, 3.63) is 60.7 Å². The Bertz CT molecular complexity index is 625. The Labute approximate surface area is 125 Å². The van der Waals surface area contributed by atoms with Gasteiger partial charge in [-0.3, -0.25) is 4.79 Å². The molecule has 3 nitrogen and oxygen atoms in total. The van der Waals surface area contributed by atoms with Gasteiger partial charge in [0.05, 0.1) is 0 Å². The lowest BCUT2D eigenvalue weighted by molar-refractivity contribution is -0.111. The highest BCUT2D eigenvalue weighted by atomic mass is 16.1. The molecule has 0 bridgehead atoms. The first-order valence-corrected chi connectivity index (χ1v) is 6.91. The summed E-state index contributed by atoms with van der Waals surface area (Å²) >= 11 is 0. The zero-order chi connectivity index (χ0) is 15.2. The molecule has 0 aromatic heterocycles. The molecule has 0 heterocycles. The van der Waals surface area contributed by atoms with Crippen molar-refractivity contribution in [2.45, 2.75) is 6.92 Å². The molecule has 0 saturated heterocycles. The van der Waals surface area contributed by atoms with E-state index in [9.17, 15) is 4.79 Å². The molecule has 2 aromatic rings. The third-order valence-electron chi connectivity index (χ3n) is 3.19. The van der Waals surface area contributed by atoms with Crippen LogP contribution in [-0.4, -0.2) is 20.0 Å². The minimum Gasteiger partial charge on any atom is -0.378 e. The fraction of sp³-hybridized carbons (Fsp3) is 0.167. The van der Waals surface area contributed by atoms with Crippen LogP contribution in [0.5, 0.6) is 0 Å². The number of amides is 1. The van der Waals surface area contributed by atoms with Crippen molar-refractivity contribution in [1.82, 2.24) is 0 Å². The first kappa shape index (κ1) is 14.9. The van der Waals surface area contributed by atoms with Gasteiger partial charge in [0, 0.05) is 25.5 Å². The standard InChI is InChI=1S/C18H20N2O/c1-4-5-18(21)19-16-10-6-14(7-11-16)15-8-12-17(13-9-15)20(2)3/h4-13H,1-3H3,(H,19,21)/b5-4+. The second-order valence-electron chi connectivity index (χ2n) is 5.01. The average Bonchev–Trinajstić information content (AvgIpc) is 2.48. The molecule has 2 aromatic carbocycles. The minimum absolute atomic E-state index is 0.111. The Morgan fingerprint density at radius 1 is 0.952 bits per heavy atom. The maximum atomic E-state index is 11.5. The molecule has 0 spiro atoms. The van der Waals surface area contributed by atoms with E-state index in [-0.39, 0.29) is 5.91 Å². The summed E-state index contributed by atoms with van der Waals surface area (Å²) in [5.74, 6) is -0.111. The predicted molar refractivity (Wildman–Crippen MR) is 89.6 cm³/mol. The summed E-state index contributed by atoms with van der Waals surface area (Å²) in [6.07, 6.45) is 3.23. The van der Waals surface area contributed by atoms with Crippen LogP contribution in [0.2, 0.25) is 0 Å². The Morgan fingerprint density at radius 2 is 1.48 bits per heavy atom. The highest BCUT2D eigenvalue weighted by Crippen LogP contribution is 2.23. The smallest absolute Gasteiger partial charge is 0.248 e. The van der Waals surface area contributed by atoms with Crippen LogP contribution in [0.1, 0.15) is 6.92 Å². The van der Waals surface area contributed by atoms with Gasteiger partial charge in [-0.25, -0.2) is 0 Å². The summed E-state index contributed by atoms with van der Waals surface area (Å²) in [6.45, 7) is 1.82.